The van der Waals surface area contributed by atoms with Gasteiger partial charge in [-0.15, -0.1) is 0 Å². The third kappa shape index (κ3) is 4.84. The van der Waals surface area contributed by atoms with E-state index < -0.39 is 0 Å². The van der Waals surface area contributed by atoms with E-state index in [0.29, 0.717) is 17.5 Å². The van der Waals surface area contributed by atoms with Crippen molar-refractivity contribution >= 4 is 87.2 Å². The summed E-state index contributed by atoms with van der Waals surface area (Å²) < 4.78 is 15.5. The number of hydrogen-bond acceptors (Lipinski definition) is 5. The van der Waals surface area contributed by atoms with Crippen molar-refractivity contribution in [2.24, 2.45) is 0 Å². The van der Waals surface area contributed by atoms with Crippen LogP contribution in [0, 0.1) is 0 Å². The summed E-state index contributed by atoms with van der Waals surface area (Å²) in [7, 11) is 0. The lowest BCUT2D eigenvalue weighted by atomic mass is 10.0. The zero-order chi connectivity index (χ0) is 38.6. The molecule has 0 N–H and O–H groups in total. The number of hydrogen-bond donors (Lipinski definition) is 0. The second kappa shape index (κ2) is 12.2. The summed E-state index contributed by atoms with van der Waals surface area (Å²) in [6.07, 6.45) is 0. The first-order valence-corrected chi connectivity index (χ1v) is 19.8. The second-order valence-corrected chi connectivity index (χ2v) is 15.2. The van der Waals surface area contributed by atoms with Crippen LogP contribution in [0.4, 0.5) is 0 Å². The maximum absolute atomic E-state index is 6.81. The lowest BCUT2D eigenvalue weighted by Crippen LogP contribution is -2.02. The average Bonchev–Trinajstić information content (AvgIpc) is 3.97. The summed E-state index contributed by atoms with van der Waals surface area (Å²) in [6, 6.07) is 63.3. The van der Waals surface area contributed by atoms with E-state index in [4.69, 9.17) is 23.8 Å². The number of fused-ring (bicyclic) bond motifs is 11. The van der Waals surface area contributed by atoms with Gasteiger partial charge < -0.3 is 13.4 Å². The Morgan fingerprint density at radius 2 is 0.983 bits per heavy atom. The lowest BCUT2D eigenvalue weighted by Gasteiger charge is -2.13. The van der Waals surface area contributed by atoms with Gasteiger partial charge in [-0.1, -0.05) is 127 Å². The van der Waals surface area contributed by atoms with Crippen molar-refractivity contribution < 1.29 is 8.83 Å². The average molecular weight is 755 g/mol. The highest BCUT2D eigenvalue weighted by Crippen LogP contribution is 2.42. The normalized spacial score (nSPS) is 12.1. The first-order valence-electron chi connectivity index (χ1n) is 19.8. The molecule has 0 atom stereocenters. The van der Waals surface area contributed by atoms with Gasteiger partial charge in [-0.05, 0) is 76.1 Å². The van der Waals surface area contributed by atoms with Crippen molar-refractivity contribution in [2.75, 3.05) is 0 Å². The standard InChI is InChI=1S/C53H30N4O2/c1-2-13-32-26-35(25-24-31(32)12-1)51-54-52(56-53(55-51)40-19-11-23-48-49(40)39-18-7-10-22-47(39)58-48)36-28-42-38-17-6-9-21-46(38)59-50(42)45(30-36)57-43-20-8-5-16-37(43)41-27-33-14-3-4-15-34(33)29-44(41)57/h1-30H. The molecule has 9 aromatic carbocycles. The van der Waals surface area contributed by atoms with Crippen LogP contribution in [0.3, 0.4) is 0 Å². The number of furan rings is 2. The first kappa shape index (κ1) is 32.0. The Morgan fingerprint density at radius 1 is 0.356 bits per heavy atom. The van der Waals surface area contributed by atoms with E-state index in [1.54, 1.807) is 0 Å². The highest BCUT2D eigenvalue weighted by molar-refractivity contribution is 6.16. The van der Waals surface area contributed by atoms with Crippen LogP contribution in [0.2, 0.25) is 0 Å². The minimum Gasteiger partial charge on any atom is -0.456 e. The van der Waals surface area contributed by atoms with Crippen LogP contribution in [-0.4, -0.2) is 19.5 Å². The molecule has 0 aliphatic rings. The van der Waals surface area contributed by atoms with Crippen LogP contribution >= 0.6 is 0 Å². The number of benzene rings is 9. The molecule has 59 heavy (non-hydrogen) atoms. The van der Waals surface area contributed by atoms with Crippen molar-refractivity contribution in [3.05, 3.63) is 182 Å². The Bertz CT molecular complexity index is 3870. The molecule has 4 aromatic heterocycles. The number of para-hydroxylation sites is 3. The second-order valence-electron chi connectivity index (χ2n) is 15.2. The van der Waals surface area contributed by atoms with Crippen molar-refractivity contribution in [1.82, 2.24) is 19.5 Å². The van der Waals surface area contributed by atoms with Crippen LogP contribution in [0.1, 0.15) is 0 Å². The van der Waals surface area contributed by atoms with Gasteiger partial charge in [-0.2, -0.15) is 0 Å². The zero-order valence-electron chi connectivity index (χ0n) is 31.4. The number of nitrogens with zero attached hydrogens (tertiary/aromatic N) is 4. The molecule has 0 fully saturated rings. The molecule has 13 rings (SSSR count). The smallest absolute Gasteiger partial charge is 0.164 e. The Kier molecular flexibility index (Phi) is 6.63. The van der Waals surface area contributed by atoms with Gasteiger partial charge in [0.1, 0.15) is 16.7 Å². The van der Waals surface area contributed by atoms with Crippen molar-refractivity contribution in [3.63, 3.8) is 0 Å². The molecule has 0 bridgehead atoms. The topological polar surface area (TPSA) is 69.9 Å². The van der Waals surface area contributed by atoms with Gasteiger partial charge in [0.05, 0.1) is 16.7 Å². The molecule has 0 amide bonds. The summed E-state index contributed by atoms with van der Waals surface area (Å²) >= 11 is 0. The molecule has 0 aliphatic carbocycles. The maximum atomic E-state index is 6.81. The molecule has 13 aromatic rings. The van der Waals surface area contributed by atoms with E-state index in [2.05, 4.69) is 144 Å². The Labute approximate surface area is 336 Å². The third-order valence-electron chi connectivity index (χ3n) is 11.8. The Balaban J connectivity index is 1.14. The minimum atomic E-state index is 0.558. The van der Waals surface area contributed by atoms with E-state index in [-0.39, 0.29) is 0 Å². The van der Waals surface area contributed by atoms with Crippen LogP contribution in [0.5, 0.6) is 0 Å². The van der Waals surface area contributed by atoms with E-state index in [0.717, 1.165) is 88.1 Å². The molecular formula is C53H30N4O2. The number of aromatic nitrogens is 4. The molecule has 0 saturated heterocycles. The van der Waals surface area contributed by atoms with Gasteiger partial charge in [-0.25, -0.2) is 15.0 Å². The predicted molar refractivity (Wildman–Crippen MR) is 240 cm³/mol. The van der Waals surface area contributed by atoms with Crippen LogP contribution < -0.4 is 0 Å². The summed E-state index contributed by atoms with van der Waals surface area (Å²) in [5, 5.41) is 11.0. The van der Waals surface area contributed by atoms with Crippen LogP contribution in [-0.2, 0) is 0 Å². The summed E-state index contributed by atoms with van der Waals surface area (Å²) in [6.45, 7) is 0. The monoisotopic (exact) mass is 754 g/mol. The van der Waals surface area contributed by atoms with Crippen LogP contribution in [0.25, 0.3) is 127 Å². The Hall–Kier alpha value is -8.09. The highest BCUT2D eigenvalue weighted by Gasteiger charge is 2.23. The molecule has 4 heterocycles. The van der Waals surface area contributed by atoms with Gasteiger partial charge in [0.2, 0.25) is 0 Å². The minimum absolute atomic E-state index is 0.558. The SMILES string of the molecule is c1ccc2cc(-c3nc(-c4cc(-n5c6ccccc6c6cc7ccccc7cc65)c5oc6ccccc6c5c4)nc(-c4cccc5oc6ccccc6c45)n3)ccc2c1. The molecule has 0 radical (unpaired) electrons. The fourth-order valence-electron chi connectivity index (χ4n) is 9.06. The highest BCUT2D eigenvalue weighted by atomic mass is 16.3. The summed E-state index contributed by atoms with van der Waals surface area (Å²) in [5.74, 6) is 1.71. The van der Waals surface area contributed by atoms with E-state index >= 15 is 0 Å². The molecule has 274 valence electrons. The van der Waals surface area contributed by atoms with Crippen molar-refractivity contribution in [2.45, 2.75) is 0 Å². The van der Waals surface area contributed by atoms with Crippen LogP contribution in [0.15, 0.2) is 191 Å². The van der Waals surface area contributed by atoms with Crippen molar-refractivity contribution in [1.29, 1.82) is 0 Å². The largest absolute Gasteiger partial charge is 0.456 e. The molecular weight excluding hydrogens is 725 g/mol. The van der Waals surface area contributed by atoms with Gasteiger partial charge in [0.25, 0.3) is 0 Å². The Morgan fingerprint density at radius 3 is 1.81 bits per heavy atom. The van der Waals surface area contributed by atoms with Gasteiger partial charge >= 0.3 is 0 Å². The zero-order valence-corrected chi connectivity index (χ0v) is 31.4. The molecule has 0 unspecified atom stereocenters. The maximum Gasteiger partial charge on any atom is 0.164 e. The molecule has 6 nitrogen and oxygen atoms in total. The van der Waals surface area contributed by atoms with Crippen molar-refractivity contribution in [3.8, 4) is 39.9 Å². The third-order valence-corrected chi connectivity index (χ3v) is 11.8. The fourth-order valence-corrected chi connectivity index (χ4v) is 9.06. The number of rotatable bonds is 4. The van der Waals surface area contributed by atoms with E-state index in [1.165, 1.54) is 21.5 Å². The molecule has 6 heteroatoms. The quantitative estimate of drug-likeness (QED) is 0.179. The van der Waals surface area contributed by atoms with Gasteiger partial charge in [0.15, 0.2) is 23.1 Å². The molecule has 0 aliphatic heterocycles. The summed E-state index contributed by atoms with van der Waals surface area (Å²) in [4.78, 5) is 15.9. The first-order chi connectivity index (χ1) is 29.2. The van der Waals surface area contributed by atoms with Gasteiger partial charge in [-0.3, -0.25) is 0 Å². The van der Waals surface area contributed by atoms with E-state index in [9.17, 15) is 0 Å². The molecule has 0 spiro atoms. The molecule has 0 saturated carbocycles. The summed E-state index contributed by atoms with van der Waals surface area (Å²) in [5.41, 5.74) is 8.94. The van der Waals surface area contributed by atoms with Gasteiger partial charge in [0, 0.05) is 49.0 Å². The fraction of sp³-hybridized carbons (Fsp3) is 0. The van der Waals surface area contributed by atoms with E-state index in [1.807, 2.05) is 42.5 Å². The predicted octanol–water partition coefficient (Wildman–Crippen LogP) is 14.1. The lowest BCUT2D eigenvalue weighted by molar-refractivity contribution is 0.666.